The van der Waals surface area contributed by atoms with Crippen molar-refractivity contribution in [2.45, 2.75) is 53.5 Å². The maximum Gasteiger partial charge on any atom is 0.210 e. The summed E-state index contributed by atoms with van der Waals surface area (Å²) in [5.41, 5.74) is 0.305. The van der Waals surface area contributed by atoms with Gasteiger partial charge in [-0.05, 0) is 32.1 Å². The first kappa shape index (κ1) is 19.2. The minimum atomic E-state index is -3.46. The van der Waals surface area contributed by atoms with E-state index in [-0.39, 0.29) is 18.3 Å². The Balaban J connectivity index is 4.34. The molecule has 1 unspecified atom stereocenters. The van der Waals surface area contributed by atoms with Crippen LogP contribution in [0.1, 0.15) is 47.5 Å². The highest BCUT2D eigenvalue weighted by molar-refractivity contribution is 7.89. The third-order valence-corrected chi connectivity index (χ3v) is 3.45. The lowest BCUT2D eigenvalue weighted by atomic mass is 9.89. The summed E-state index contributed by atoms with van der Waals surface area (Å²) in [5.74, 6) is 0.498. The topological polar surface area (TPSA) is 96.6 Å². The van der Waals surface area contributed by atoms with Crippen molar-refractivity contribution in [3.8, 4) is 0 Å². The summed E-state index contributed by atoms with van der Waals surface area (Å²) in [5, 5.41) is 11.3. The molecule has 0 spiro atoms. The van der Waals surface area contributed by atoms with E-state index in [1.807, 2.05) is 6.92 Å². The normalized spacial score (nSPS) is 15.0. The van der Waals surface area contributed by atoms with Crippen molar-refractivity contribution >= 4 is 16.0 Å². The lowest BCUT2D eigenvalue weighted by molar-refractivity contribution is 0.346. The molecule has 0 fully saturated rings. The first-order valence-electron chi connectivity index (χ1n) is 7.09. The van der Waals surface area contributed by atoms with Crippen LogP contribution in [0.3, 0.4) is 0 Å². The van der Waals surface area contributed by atoms with Crippen LogP contribution >= 0.6 is 0 Å². The van der Waals surface area contributed by atoms with Gasteiger partial charge in [-0.25, -0.2) is 13.6 Å². The summed E-state index contributed by atoms with van der Waals surface area (Å²) < 4.78 is 21.7. The molecule has 0 aromatic rings. The Labute approximate surface area is 123 Å². The maximum absolute atomic E-state index is 10.9. The van der Waals surface area contributed by atoms with Crippen molar-refractivity contribution in [1.82, 2.24) is 10.6 Å². The quantitative estimate of drug-likeness (QED) is 0.484. The van der Waals surface area contributed by atoms with Crippen molar-refractivity contribution in [2.24, 2.45) is 15.5 Å². The van der Waals surface area contributed by atoms with Crippen LogP contribution < -0.4 is 15.8 Å². The second-order valence-corrected chi connectivity index (χ2v) is 8.01. The van der Waals surface area contributed by atoms with Crippen LogP contribution in [0.2, 0.25) is 0 Å². The molecule has 0 aromatic heterocycles. The molecule has 0 aliphatic heterocycles. The zero-order chi connectivity index (χ0) is 15.8. The molecule has 0 amide bonds. The Hall–Kier alpha value is -0.820. The SMILES string of the molecule is CCNC(=NCCS(N)(=O)=O)NC(C)CCC(C)(C)C. The number of rotatable bonds is 7. The number of nitrogens with two attached hydrogens (primary N) is 1. The number of aliphatic imine (C=N–C) groups is 1. The number of guanidine groups is 1. The maximum atomic E-state index is 10.9. The highest BCUT2D eigenvalue weighted by Crippen LogP contribution is 2.21. The molecule has 6 nitrogen and oxygen atoms in total. The summed E-state index contributed by atoms with van der Waals surface area (Å²) in [4.78, 5) is 4.22. The Morgan fingerprint density at radius 1 is 1.35 bits per heavy atom. The van der Waals surface area contributed by atoms with E-state index in [1.165, 1.54) is 0 Å². The minimum Gasteiger partial charge on any atom is -0.357 e. The van der Waals surface area contributed by atoms with Crippen LogP contribution in [0.15, 0.2) is 4.99 Å². The Kier molecular flexibility index (Phi) is 8.12. The fraction of sp³-hybridized carbons (Fsp3) is 0.923. The van der Waals surface area contributed by atoms with E-state index in [2.05, 4.69) is 43.3 Å². The van der Waals surface area contributed by atoms with Crippen molar-refractivity contribution in [1.29, 1.82) is 0 Å². The first-order chi connectivity index (χ1) is 9.03. The monoisotopic (exact) mass is 306 g/mol. The standard InChI is InChI=1S/C13H30N4O2S/c1-6-15-12(16-9-10-20(14,18)19)17-11(2)7-8-13(3,4)5/h11H,6-10H2,1-5H3,(H2,14,18,19)(H2,15,16,17). The zero-order valence-corrected chi connectivity index (χ0v) is 14.2. The van der Waals surface area contributed by atoms with E-state index in [0.29, 0.717) is 11.4 Å². The van der Waals surface area contributed by atoms with E-state index in [9.17, 15) is 8.42 Å². The molecule has 20 heavy (non-hydrogen) atoms. The average molecular weight is 306 g/mol. The van der Waals surface area contributed by atoms with Gasteiger partial charge in [-0.15, -0.1) is 0 Å². The molecular weight excluding hydrogens is 276 g/mol. The van der Waals surface area contributed by atoms with Crippen LogP contribution in [-0.4, -0.2) is 39.3 Å². The van der Waals surface area contributed by atoms with Crippen molar-refractivity contribution in [3.63, 3.8) is 0 Å². The fourth-order valence-corrected chi connectivity index (χ4v) is 1.91. The van der Waals surface area contributed by atoms with Crippen molar-refractivity contribution in [3.05, 3.63) is 0 Å². The fourth-order valence-electron chi connectivity index (χ4n) is 1.56. The average Bonchev–Trinajstić information content (AvgIpc) is 2.24. The zero-order valence-electron chi connectivity index (χ0n) is 13.4. The number of nitrogens with zero attached hydrogens (tertiary/aromatic N) is 1. The van der Waals surface area contributed by atoms with Gasteiger partial charge in [-0.2, -0.15) is 0 Å². The number of nitrogens with one attached hydrogen (secondary N) is 2. The first-order valence-corrected chi connectivity index (χ1v) is 8.80. The third kappa shape index (κ3) is 12.2. The van der Waals surface area contributed by atoms with Gasteiger partial charge in [0.05, 0.1) is 12.3 Å². The molecule has 4 N–H and O–H groups in total. The second-order valence-electron chi connectivity index (χ2n) is 6.27. The Morgan fingerprint density at radius 3 is 2.40 bits per heavy atom. The molecule has 0 aliphatic carbocycles. The van der Waals surface area contributed by atoms with Gasteiger partial charge in [0.1, 0.15) is 0 Å². The van der Waals surface area contributed by atoms with E-state index >= 15 is 0 Å². The molecule has 0 rings (SSSR count). The Morgan fingerprint density at radius 2 is 1.95 bits per heavy atom. The van der Waals surface area contributed by atoms with Gasteiger partial charge in [0.15, 0.2) is 5.96 Å². The summed E-state index contributed by atoms with van der Waals surface area (Å²) in [6, 6.07) is 0.279. The molecule has 0 radical (unpaired) electrons. The van der Waals surface area contributed by atoms with Crippen LogP contribution in [0.25, 0.3) is 0 Å². The molecule has 7 heteroatoms. The number of primary sulfonamides is 1. The number of hydrogen-bond acceptors (Lipinski definition) is 3. The van der Waals surface area contributed by atoms with Crippen molar-refractivity contribution in [2.75, 3.05) is 18.8 Å². The van der Waals surface area contributed by atoms with Crippen LogP contribution in [0.5, 0.6) is 0 Å². The van der Waals surface area contributed by atoms with Gasteiger partial charge in [0.25, 0.3) is 0 Å². The smallest absolute Gasteiger partial charge is 0.210 e. The molecule has 0 aromatic carbocycles. The molecule has 0 heterocycles. The van der Waals surface area contributed by atoms with Crippen LogP contribution in [-0.2, 0) is 10.0 Å². The highest BCUT2D eigenvalue weighted by atomic mass is 32.2. The molecular formula is C13H30N4O2S. The lowest BCUT2D eigenvalue weighted by Crippen LogP contribution is -2.42. The van der Waals surface area contributed by atoms with E-state index < -0.39 is 10.0 Å². The van der Waals surface area contributed by atoms with Crippen LogP contribution in [0, 0.1) is 5.41 Å². The predicted octanol–water partition coefficient (Wildman–Crippen LogP) is 1.04. The summed E-state index contributed by atoms with van der Waals surface area (Å²) in [7, 11) is -3.46. The lowest BCUT2D eigenvalue weighted by Gasteiger charge is -2.23. The molecule has 120 valence electrons. The molecule has 0 bridgehead atoms. The predicted molar refractivity (Wildman–Crippen MR) is 85.2 cm³/mol. The largest absolute Gasteiger partial charge is 0.357 e. The van der Waals surface area contributed by atoms with Crippen LogP contribution in [0.4, 0.5) is 0 Å². The van der Waals surface area contributed by atoms with Gasteiger partial charge in [-0.3, -0.25) is 4.99 Å². The van der Waals surface area contributed by atoms with E-state index in [0.717, 1.165) is 19.4 Å². The van der Waals surface area contributed by atoms with Gasteiger partial charge in [0.2, 0.25) is 10.0 Å². The second kappa shape index (κ2) is 8.46. The Bertz CT molecular complexity index is 399. The van der Waals surface area contributed by atoms with Gasteiger partial charge in [0, 0.05) is 12.6 Å². The van der Waals surface area contributed by atoms with Crippen molar-refractivity contribution < 1.29 is 8.42 Å². The van der Waals surface area contributed by atoms with E-state index in [1.54, 1.807) is 0 Å². The summed E-state index contributed by atoms with van der Waals surface area (Å²) >= 11 is 0. The summed E-state index contributed by atoms with van der Waals surface area (Å²) in [6.45, 7) is 11.6. The minimum absolute atomic E-state index is 0.139. The number of hydrogen-bond donors (Lipinski definition) is 3. The summed E-state index contributed by atoms with van der Waals surface area (Å²) in [6.07, 6.45) is 2.14. The third-order valence-electron chi connectivity index (χ3n) is 2.70. The molecule has 0 saturated heterocycles. The molecule has 0 aliphatic rings. The molecule has 1 atom stereocenters. The van der Waals surface area contributed by atoms with Gasteiger partial charge < -0.3 is 10.6 Å². The molecule has 0 saturated carbocycles. The number of sulfonamides is 1. The van der Waals surface area contributed by atoms with Gasteiger partial charge in [-0.1, -0.05) is 20.8 Å². The highest BCUT2D eigenvalue weighted by Gasteiger charge is 2.13. The van der Waals surface area contributed by atoms with E-state index in [4.69, 9.17) is 5.14 Å². The van der Waals surface area contributed by atoms with Gasteiger partial charge >= 0.3 is 0 Å².